The fourth-order valence-corrected chi connectivity index (χ4v) is 2.64. The molecule has 0 unspecified atom stereocenters. The molecular formula is C16H12Cl2N2. The number of hydrogen-bond donors (Lipinski definition) is 0. The van der Waals surface area contributed by atoms with Gasteiger partial charge in [0.05, 0.1) is 10.5 Å². The smallest absolute Gasteiger partial charge is 0.163 e. The highest BCUT2D eigenvalue weighted by Gasteiger charge is 2.12. The molecular weight excluding hydrogens is 291 g/mol. The summed E-state index contributed by atoms with van der Waals surface area (Å²) in [6.07, 6.45) is 0. The van der Waals surface area contributed by atoms with Crippen molar-refractivity contribution in [2.45, 2.75) is 13.8 Å². The highest BCUT2D eigenvalue weighted by atomic mass is 35.5. The molecule has 4 heteroatoms. The van der Waals surface area contributed by atoms with Gasteiger partial charge in [-0.3, -0.25) is 0 Å². The Morgan fingerprint density at radius 2 is 1.55 bits per heavy atom. The SMILES string of the molecule is Cc1cccc(-c2nc(Cl)c3cccc(C)c3n2)c1Cl. The summed E-state index contributed by atoms with van der Waals surface area (Å²) in [5.41, 5.74) is 3.73. The summed E-state index contributed by atoms with van der Waals surface area (Å²) in [7, 11) is 0. The lowest BCUT2D eigenvalue weighted by Gasteiger charge is -2.09. The third kappa shape index (κ3) is 2.15. The highest BCUT2D eigenvalue weighted by molar-refractivity contribution is 6.35. The molecule has 0 saturated heterocycles. The van der Waals surface area contributed by atoms with Crippen LogP contribution in [0.15, 0.2) is 36.4 Å². The second-order valence-electron chi connectivity index (χ2n) is 4.75. The normalized spacial score (nSPS) is 11.0. The molecule has 0 spiro atoms. The number of halogens is 2. The summed E-state index contributed by atoms with van der Waals surface area (Å²) in [6.45, 7) is 3.97. The van der Waals surface area contributed by atoms with Crippen LogP contribution in [0.2, 0.25) is 10.2 Å². The second kappa shape index (κ2) is 5.04. The van der Waals surface area contributed by atoms with Gasteiger partial charge < -0.3 is 0 Å². The molecule has 0 radical (unpaired) electrons. The summed E-state index contributed by atoms with van der Waals surface area (Å²) in [6, 6.07) is 11.7. The van der Waals surface area contributed by atoms with Gasteiger partial charge in [-0.2, -0.15) is 0 Å². The first-order valence-electron chi connectivity index (χ1n) is 6.26. The van der Waals surface area contributed by atoms with Crippen molar-refractivity contribution in [3.63, 3.8) is 0 Å². The van der Waals surface area contributed by atoms with Crippen LogP contribution in [0, 0.1) is 13.8 Å². The van der Waals surface area contributed by atoms with Crippen LogP contribution in [-0.2, 0) is 0 Å². The maximum Gasteiger partial charge on any atom is 0.163 e. The van der Waals surface area contributed by atoms with E-state index in [-0.39, 0.29) is 0 Å². The Morgan fingerprint density at radius 1 is 0.850 bits per heavy atom. The molecule has 0 atom stereocenters. The maximum absolute atomic E-state index is 6.35. The van der Waals surface area contributed by atoms with Crippen molar-refractivity contribution in [2.75, 3.05) is 0 Å². The van der Waals surface area contributed by atoms with E-state index in [2.05, 4.69) is 9.97 Å². The van der Waals surface area contributed by atoms with Gasteiger partial charge in [0.1, 0.15) is 5.15 Å². The minimum atomic E-state index is 0.450. The maximum atomic E-state index is 6.35. The minimum Gasteiger partial charge on any atom is -0.228 e. The Bertz CT molecular complexity index is 813. The van der Waals surface area contributed by atoms with Gasteiger partial charge in [-0.05, 0) is 37.1 Å². The molecule has 0 aliphatic rings. The summed E-state index contributed by atoms with van der Waals surface area (Å²) in [4.78, 5) is 9.01. The van der Waals surface area contributed by atoms with Gasteiger partial charge in [-0.25, -0.2) is 9.97 Å². The predicted molar refractivity (Wildman–Crippen MR) is 84.5 cm³/mol. The van der Waals surface area contributed by atoms with E-state index in [1.165, 1.54) is 0 Å². The van der Waals surface area contributed by atoms with Gasteiger partial charge in [0, 0.05) is 10.9 Å². The monoisotopic (exact) mass is 302 g/mol. The van der Waals surface area contributed by atoms with E-state index in [4.69, 9.17) is 23.2 Å². The zero-order valence-electron chi connectivity index (χ0n) is 11.1. The van der Waals surface area contributed by atoms with Crippen molar-refractivity contribution in [1.29, 1.82) is 0 Å². The molecule has 1 heterocycles. The van der Waals surface area contributed by atoms with Crippen LogP contribution in [0.3, 0.4) is 0 Å². The second-order valence-corrected chi connectivity index (χ2v) is 5.48. The molecule has 0 N–H and O–H groups in total. The number of fused-ring (bicyclic) bond motifs is 1. The Labute approximate surface area is 127 Å². The first kappa shape index (κ1) is 13.3. The van der Waals surface area contributed by atoms with Crippen molar-refractivity contribution < 1.29 is 0 Å². The van der Waals surface area contributed by atoms with Crippen LogP contribution in [0.1, 0.15) is 11.1 Å². The van der Waals surface area contributed by atoms with E-state index < -0.39 is 0 Å². The van der Waals surface area contributed by atoms with Crippen LogP contribution in [-0.4, -0.2) is 9.97 Å². The minimum absolute atomic E-state index is 0.450. The van der Waals surface area contributed by atoms with E-state index >= 15 is 0 Å². The number of nitrogens with zero attached hydrogens (tertiary/aromatic N) is 2. The molecule has 0 aliphatic carbocycles. The molecule has 3 aromatic rings. The van der Waals surface area contributed by atoms with Crippen LogP contribution in [0.5, 0.6) is 0 Å². The van der Waals surface area contributed by atoms with Gasteiger partial charge in [0.25, 0.3) is 0 Å². The summed E-state index contributed by atoms with van der Waals surface area (Å²) in [5.74, 6) is 0.561. The average molecular weight is 303 g/mol. The molecule has 0 saturated carbocycles. The summed E-state index contributed by atoms with van der Waals surface area (Å²) >= 11 is 12.6. The largest absolute Gasteiger partial charge is 0.228 e. The summed E-state index contributed by atoms with van der Waals surface area (Å²) < 4.78 is 0. The lowest BCUT2D eigenvalue weighted by molar-refractivity contribution is 1.21. The third-order valence-corrected chi connectivity index (χ3v) is 4.10. The van der Waals surface area contributed by atoms with Crippen molar-refractivity contribution in [3.8, 4) is 11.4 Å². The first-order chi connectivity index (χ1) is 9.58. The van der Waals surface area contributed by atoms with Crippen molar-refractivity contribution in [2.24, 2.45) is 0 Å². The summed E-state index contributed by atoms with van der Waals surface area (Å²) in [5, 5.41) is 1.97. The van der Waals surface area contributed by atoms with Gasteiger partial charge in [-0.1, -0.05) is 47.5 Å². The third-order valence-electron chi connectivity index (χ3n) is 3.31. The topological polar surface area (TPSA) is 25.8 Å². The Kier molecular flexibility index (Phi) is 3.36. The van der Waals surface area contributed by atoms with Crippen molar-refractivity contribution >= 4 is 34.1 Å². The molecule has 2 aromatic carbocycles. The molecule has 1 aromatic heterocycles. The van der Waals surface area contributed by atoms with Gasteiger partial charge >= 0.3 is 0 Å². The van der Waals surface area contributed by atoms with Gasteiger partial charge in [0.15, 0.2) is 5.82 Å². The first-order valence-corrected chi connectivity index (χ1v) is 7.02. The van der Waals surface area contributed by atoms with E-state index in [0.29, 0.717) is 16.0 Å². The molecule has 20 heavy (non-hydrogen) atoms. The van der Waals surface area contributed by atoms with Gasteiger partial charge in [0.2, 0.25) is 0 Å². The van der Waals surface area contributed by atoms with Crippen molar-refractivity contribution in [3.05, 3.63) is 57.7 Å². The quantitative estimate of drug-likeness (QED) is 0.576. The highest BCUT2D eigenvalue weighted by Crippen LogP contribution is 2.31. The Morgan fingerprint density at radius 3 is 2.35 bits per heavy atom. The fourth-order valence-electron chi connectivity index (χ4n) is 2.20. The molecule has 0 amide bonds. The number of benzene rings is 2. The Hall–Kier alpha value is -1.64. The zero-order valence-corrected chi connectivity index (χ0v) is 12.6. The lowest BCUT2D eigenvalue weighted by atomic mass is 10.1. The van der Waals surface area contributed by atoms with E-state index in [0.717, 1.165) is 27.6 Å². The van der Waals surface area contributed by atoms with Crippen LogP contribution in [0.4, 0.5) is 0 Å². The standard InChI is InChI=1S/C16H12Cl2N2/c1-9-5-3-7-11(13(9)17)16-19-14-10(2)6-4-8-12(14)15(18)20-16/h3-8H,1-2H3. The molecule has 3 rings (SSSR count). The zero-order chi connectivity index (χ0) is 14.3. The lowest BCUT2D eigenvalue weighted by Crippen LogP contribution is -1.95. The molecule has 100 valence electrons. The van der Waals surface area contributed by atoms with Crippen LogP contribution >= 0.6 is 23.2 Å². The molecule has 0 aliphatic heterocycles. The number of aryl methyl sites for hydroxylation is 2. The average Bonchev–Trinajstić information content (AvgIpc) is 2.43. The van der Waals surface area contributed by atoms with Gasteiger partial charge in [-0.15, -0.1) is 0 Å². The number of aromatic nitrogens is 2. The van der Waals surface area contributed by atoms with Crippen LogP contribution in [0.25, 0.3) is 22.3 Å². The van der Waals surface area contributed by atoms with Crippen molar-refractivity contribution in [1.82, 2.24) is 9.97 Å². The predicted octanol–water partition coefficient (Wildman–Crippen LogP) is 5.22. The number of rotatable bonds is 1. The fraction of sp³-hybridized carbons (Fsp3) is 0.125. The number of hydrogen-bond acceptors (Lipinski definition) is 2. The van der Waals surface area contributed by atoms with Crippen LogP contribution < -0.4 is 0 Å². The van der Waals surface area contributed by atoms with E-state index in [9.17, 15) is 0 Å². The molecule has 2 nitrogen and oxygen atoms in total. The Balaban J connectivity index is 2.33. The van der Waals surface area contributed by atoms with E-state index in [1.54, 1.807) is 0 Å². The molecule has 0 fully saturated rings. The molecule has 0 bridgehead atoms. The van der Waals surface area contributed by atoms with E-state index in [1.807, 2.05) is 50.2 Å². The number of para-hydroxylation sites is 1.